The number of hydrogen-bond acceptors (Lipinski definition) is 4. The first-order valence-corrected chi connectivity index (χ1v) is 6.94. The van der Waals surface area contributed by atoms with Crippen LogP contribution in [0.3, 0.4) is 0 Å². The first-order valence-electron chi connectivity index (χ1n) is 5.45. The zero-order valence-corrected chi connectivity index (χ0v) is 11.1. The molecule has 0 heterocycles. The summed E-state index contributed by atoms with van der Waals surface area (Å²) < 4.78 is 44.0. The molecule has 0 aromatic heterocycles. The second kappa shape index (κ2) is 6.12. The number of methoxy groups -OCH3 is 1. The number of rotatable bonds is 6. The number of nitrogens with one attached hydrogen (secondary N) is 1. The molecule has 0 bridgehead atoms. The van der Waals surface area contributed by atoms with Gasteiger partial charge >= 0.3 is 0 Å². The van der Waals surface area contributed by atoms with Crippen molar-refractivity contribution in [1.29, 1.82) is 0 Å². The van der Waals surface area contributed by atoms with Gasteiger partial charge in [-0.1, -0.05) is 0 Å². The fourth-order valence-electron chi connectivity index (χ4n) is 1.31. The molecule has 1 atom stereocenters. The highest BCUT2D eigenvalue weighted by Crippen LogP contribution is 2.21. The highest BCUT2D eigenvalue weighted by molar-refractivity contribution is 7.89. The maximum atomic E-state index is 13.2. The number of nitrogens with two attached hydrogens (primary N) is 1. The molecule has 1 aromatic carbocycles. The van der Waals surface area contributed by atoms with E-state index in [4.69, 9.17) is 10.5 Å². The molecule has 0 saturated carbocycles. The zero-order valence-electron chi connectivity index (χ0n) is 10.3. The van der Waals surface area contributed by atoms with Gasteiger partial charge in [-0.3, -0.25) is 0 Å². The van der Waals surface area contributed by atoms with Crippen molar-refractivity contribution in [2.24, 2.45) is 5.73 Å². The molecule has 1 rings (SSSR count). The summed E-state index contributed by atoms with van der Waals surface area (Å²) in [4.78, 5) is -0.0366. The number of halogens is 1. The van der Waals surface area contributed by atoms with Crippen LogP contribution in [0, 0.1) is 5.82 Å². The van der Waals surface area contributed by atoms with E-state index in [0.29, 0.717) is 6.42 Å². The third-order valence-electron chi connectivity index (χ3n) is 2.32. The topological polar surface area (TPSA) is 81.4 Å². The van der Waals surface area contributed by atoms with Crippen molar-refractivity contribution < 1.29 is 17.5 Å². The van der Waals surface area contributed by atoms with Gasteiger partial charge in [0.25, 0.3) is 0 Å². The summed E-state index contributed by atoms with van der Waals surface area (Å²) in [6.45, 7) is 2.02. The zero-order chi connectivity index (χ0) is 13.8. The summed E-state index contributed by atoms with van der Waals surface area (Å²) >= 11 is 0. The average molecular weight is 276 g/mol. The van der Waals surface area contributed by atoms with Gasteiger partial charge in [0.05, 0.1) is 12.0 Å². The standard InChI is InChI=1S/C11H17FN2O3S/c1-8(13)5-6-14-18(15,16)9-3-4-10(12)11(7-9)17-2/h3-4,7-8,14H,5-6,13H2,1-2H3. The summed E-state index contributed by atoms with van der Waals surface area (Å²) in [5.74, 6) is -0.711. The summed E-state index contributed by atoms with van der Waals surface area (Å²) in [6, 6.07) is 3.30. The molecule has 102 valence electrons. The Morgan fingerprint density at radius 2 is 2.17 bits per heavy atom. The van der Waals surface area contributed by atoms with E-state index in [1.807, 2.05) is 0 Å². The van der Waals surface area contributed by atoms with E-state index in [9.17, 15) is 12.8 Å². The second-order valence-electron chi connectivity index (χ2n) is 3.96. The van der Waals surface area contributed by atoms with Gasteiger partial charge in [-0.05, 0) is 25.5 Å². The van der Waals surface area contributed by atoms with Gasteiger partial charge in [0.15, 0.2) is 11.6 Å². The van der Waals surface area contributed by atoms with Crippen molar-refractivity contribution in [3.63, 3.8) is 0 Å². The number of sulfonamides is 1. The lowest BCUT2D eigenvalue weighted by Gasteiger charge is -2.09. The van der Waals surface area contributed by atoms with Crippen molar-refractivity contribution in [3.8, 4) is 5.75 Å². The summed E-state index contributed by atoms with van der Waals surface area (Å²) in [7, 11) is -2.38. The number of hydrogen-bond donors (Lipinski definition) is 2. The lowest BCUT2D eigenvalue weighted by atomic mass is 10.3. The minimum Gasteiger partial charge on any atom is -0.494 e. The van der Waals surface area contributed by atoms with Crippen molar-refractivity contribution in [3.05, 3.63) is 24.0 Å². The first kappa shape index (κ1) is 14.9. The Bertz CT molecular complexity index is 503. The van der Waals surface area contributed by atoms with Gasteiger partial charge < -0.3 is 10.5 Å². The predicted molar refractivity (Wildman–Crippen MR) is 66.4 cm³/mol. The Kier molecular flexibility index (Phi) is 5.06. The molecule has 0 saturated heterocycles. The number of ether oxygens (including phenoxy) is 1. The minimum atomic E-state index is -3.66. The quantitative estimate of drug-likeness (QED) is 0.807. The van der Waals surface area contributed by atoms with Crippen molar-refractivity contribution >= 4 is 10.0 Å². The van der Waals surface area contributed by atoms with E-state index in [2.05, 4.69) is 4.72 Å². The Balaban J connectivity index is 2.85. The predicted octanol–water partition coefficient (Wildman–Crippen LogP) is 0.850. The van der Waals surface area contributed by atoms with Crippen LogP contribution < -0.4 is 15.2 Å². The van der Waals surface area contributed by atoms with Crippen molar-refractivity contribution in [2.75, 3.05) is 13.7 Å². The largest absolute Gasteiger partial charge is 0.494 e. The van der Waals surface area contributed by atoms with Crippen LogP contribution in [-0.2, 0) is 10.0 Å². The fraction of sp³-hybridized carbons (Fsp3) is 0.455. The summed E-state index contributed by atoms with van der Waals surface area (Å²) in [5.41, 5.74) is 5.52. The molecular formula is C11H17FN2O3S. The molecule has 7 heteroatoms. The van der Waals surface area contributed by atoms with E-state index < -0.39 is 15.8 Å². The average Bonchev–Trinajstić information content (AvgIpc) is 2.28. The smallest absolute Gasteiger partial charge is 0.240 e. The normalized spacial score (nSPS) is 13.3. The molecule has 0 fully saturated rings. The maximum absolute atomic E-state index is 13.2. The van der Waals surface area contributed by atoms with Crippen LogP contribution in [0.2, 0.25) is 0 Å². The molecule has 0 radical (unpaired) electrons. The Hall–Kier alpha value is -1.18. The van der Waals surface area contributed by atoms with E-state index in [1.165, 1.54) is 13.2 Å². The fourth-order valence-corrected chi connectivity index (χ4v) is 2.37. The molecule has 18 heavy (non-hydrogen) atoms. The minimum absolute atomic E-state index is 0.0366. The highest BCUT2D eigenvalue weighted by atomic mass is 32.2. The second-order valence-corrected chi connectivity index (χ2v) is 5.73. The maximum Gasteiger partial charge on any atom is 0.240 e. The van der Waals surface area contributed by atoms with E-state index in [0.717, 1.165) is 12.1 Å². The highest BCUT2D eigenvalue weighted by Gasteiger charge is 2.16. The Labute approximate surface area is 106 Å². The SMILES string of the molecule is COc1cc(S(=O)(=O)NCCC(C)N)ccc1F. The van der Waals surface area contributed by atoms with Crippen molar-refractivity contribution in [2.45, 2.75) is 24.3 Å². The third kappa shape index (κ3) is 3.94. The molecule has 0 aliphatic carbocycles. The van der Waals surface area contributed by atoms with Crippen LogP contribution >= 0.6 is 0 Å². The number of benzene rings is 1. The first-order chi connectivity index (χ1) is 8.36. The molecule has 0 amide bonds. The summed E-state index contributed by atoms with van der Waals surface area (Å²) in [5, 5.41) is 0. The molecule has 1 unspecified atom stereocenters. The lowest BCUT2D eigenvalue weighted by Crippen LogP contribution is -2.29. The third-order valence-corrected chi connectivity index (χ3v) is 3.78. The van der Waals surface area contributed by atoms with Crippen LogP contribution in [0.5, 0.6) is 5.75 Å². The van der Waals surface area contributed by atoms with E-state index in [-0.39, 0.29) is 23.2 Å². The molecule has 5 nitrogen and oxygen atoms in total. The van der Waals surface area contributed by atoms with Crippen LogP contribution in [-0.4, -0.2) is 28.1 Å². The monoisotopic (exact) mass is 276 g/mol. The van der Waals surface area contributed by atoms with E-state index in [1.54, 1.807) is 6.92 Å². The van der Waals surface area contributed by atoms with Gasteiger partial charge in [0.2, 0.25) is 10.0 Å². The Morgan fingerprint density at radius 1 is 1.50 bits per heavy atom. The molecule has 0 spiro atoms. The van der Waals surface area contributed by atoms with E-state index >= 15 is 0 Å². The molecule has 1 aromatic rings. The van der Waals surface area contributed by atoms with Gasteiger partial charge in [0.1, 0.15) is 0 Å². The molecule has 3 N–H and O–H groups in total. The van der Waals surface area contributed by atoms with Crippen molar-refractivity contribution in [1.82, 2.24) is 4.72 Å². The Morgan fingerprint density at radius 3 is 2.72 bits per heavy atom. The van der Waals surface area contributed by atoms with Gasteiger partial charge in [0, 0.05) is 18.7 Å². The molecular weight excluding hydrogens is 259 g/mol. The molecule has 0 aliphatic rings. The van der Waals surface area contributed by atoms with Crippen LogP contribution in [0.1, 0.15) is 13.3 Å². The van der Waals surface area contributed by atoms with Gasteiger partial charge in [-0.2, -0.15) is 0 Å². The lowest BCUT2D eigenvalue weighted by molar-refractivity contribution is 0.385. The summed E-state index contributed by atoms with van der Waals surface area (Å²) in [6.07, 6.45) is 0.525. The van der Waals surface area contributed by atoms with Gasteiger partial charge in [-0.25, -0.2) is 17.5 Å². The van der Waals surface area contributed by atoms with Crippen LogP contribution in [0.25, 0.3) is 0 Å². The van der Waals surface area contributed by atoms with Crippen LogP contribution in [0.4, 0.5) is 4.39 Å². The van der Waals surface area contributed by atoms with Crippen LogP contribution in [0.15, 0.2) is 23.1 Å². The van der Waals surface area contributed by atoms with Gasteiger partial charge in [-0.15, -0.1) is 0 Å². The molecule has 0 aliphatic heterocycles.